The lowest BCUT2D eigenvalue weighted by Gasteiger charge is -2.42. The van der Waals surface area contributed by atoms with E-state index in [0.29, 0.717) is 4.91 Å². The molecule has 1 heterocycles. The number of methoxy groups -OCH3 is 1. The van der Waals surface area contributed by atoms with E-state index in [1.807, 2.05) is 18.2 Å². The number of benzene rings is 2. The molecule has 1 saturated heterocycles. The minimum absolute atomic E-state index is 0.0797. The lowest BCUT2D eigenvalue weighted by atomic mass is 9.62. The van der Waals surface area contributed by atoms with E-state index >= 15 is 0 Å². The normalized spacial score (nSPS) is 19.7. The molecule has 0 spiro atoms. The second-order valence-corrected chi connectivity index (χ2v) is 12.3. The number of fused-ring (bicyclic) bond motifs is 1. The van der Waals surface area contributed by atoms with E-state index in [9.17, 15) is 9.59 Å². The van der Waals surface area contributed by atoms with Gasteiger partial charge in [0.2, 0.25) is 0 Å². The molecule has 0 aromatic heterocycles. The molecule has 2 aromatic rings. The Hall–Kier alpha value is -2.64. The Balaban J connectivity index is 1.80. The van der Waals surface area contributed by atoms with Crippen molar-refractivity contribution in [2.75, 3.05) is 13.7 Å². The zero-order valence-electron chi connectivity index (χ0n) is 21.0. The molecule has 184 valence electrons. The maximum atomic E-state index is 12.7. The van der Waals surface area contributed by atoms with Gasteiger partial charge in [-0.05, 0) is 82.7 Å². The van der Waals surface area contributed by atoms with Gasteiger partial charge in [-0.15, -0.1) is 0 Å². The van der Waals surface area contributed by atoms with Crippen LogP contribution in [0.4, 0.5) is 0 Å². The van der Waals surface area contributed by atoms with Crippen molar-refractivity contribution < 1.29 is 19.4 Å². The average Bonchev–Trinajstić information content (AvgIpc) is 3.03. The predicted molar refractivity (Wildman–Crippen MR) is 146 cm³/mol. The molecule has 1 aliphatic heterocycles. The third-order valence-corrected chi connectivity index (χ3v) is 8.55. The highest BCUT2D eigenvalue weighted by atomic mass is 32.2. The van der Waals surface area contributed by atoms with Crippen molar-refractivity contribution >= 4 is 46.3 Å². The summed E-state index contributed by atoms with van der Waals surface area (Å²) >= 11 is 6.35. The SMILES string of the molecule is COc1ccc(/C=C2\SC(=S)N(CC(=O)O)C2=O)cc1-c1cc2c(cc1C)C(C)(C)CCC2(C)C. The number of carboxylic acid groups (broad SMARTS) is 1. The van der Waals surface area contributed by atoms with Crippen LogP contribution in [-0.2, 0) is 20.4 Å². The number of thiocarbonyl (C=S) groups is 1. The van der Waals surface area contributed by atoms with Gasteiger partial charge in [0.05, 0.1) is 12.0 Å². The monoisotopic (exact) mass is 509 g/mol. The fourth-order valence-corrected chi connectivity index (χ4v) is 6.22. The van der Waals surface area contributed by atoms with Crippen molar-refractivity contribution in [2.45, 2.75) is 58.3 Å². The van der Waals surface area contributed by atoms with Crippen LogP contribution in [0.2, 0.25) is 0 Å². The Morgan fingerprint density at radius 1 is 1.11 bits per heavy atom. The van der Waals surface area contributed by atoms with E-state index in [0.717, 1.165) is 51.9 Å². The number of hydrogen-bond acceptors (Lipinski definition) is 5. The Bertz CT molecular complexity index is 1280. The Morgan fingerprint density at radius 3 is 2.34 bits per heavy atom. The first-order valence-electron chi connectivity index (χ1n) is 11.7. The number of ether oxygens (including phenoxy) is 1. The number of carbonyl (C=O) groups is 2. The van der Waals surface area contributed by atoms with Gasteiger partial charge in [-0.25, -0.2) is 0 Å². The van der Waals surface area contributed by atoms with E-state index in [4.69, 9.17) is 22.1 Å². The smallest absolute Gasteiger partial charge is 0.323 e. The minimum atomic E-state index is -1.09. The van der Waals surface area contributed by atoms with Gasteiger partial charge in [0, 0.05) is 5.56 Å². The molecule has 1 N–H and O–H groups in total. The molecule has 5 nitrogen and oxygen atoms in total. The number of aliphatic carboxylic acids is 1. The molecular weight excluding hydrogens is 478 g/mol. The first-order valence-corrected chi connectivity index (χ1v) is 12.9. The predicted octanol–water partition coefficient (Wildman–Crippen LogP) is 6.31. The van der Waals surface area contributed by atoms with Crippen LogP contribution in [0, 0.1) is 6.92 Å². The summed E-state index contributed by atoms with van der Waals surface area (Å²) in [6.45, 7) is 11.0. The first kappa shape index (κ1) is 25.5. The number of rotatable bonds is 5. The third-order valence-electron chi connectivity index (χ3n) is 7.18. The molecule has 0 atom stereocenters. The lowest BCUT2D eigenvalue weighted by molar-refractivity contribution is -0.140. The Morgan fingerprint density at radius 2 is 1.74 bits per heavy atom. The number of hydrogen-bond donors (Lipinski definition) is 1. The summed E-state index contributed by atoms with van der Waals surface area (Å²) in [7, 11) is 1.66. The lowest BCUT2D eigenvalue weighted by Crippen LogP contribution is -2.34. The van der Waals surface area contributed by atoms with Crippen molar-refractivity contribution in [2.24, 2.45) is 0 Å². The number of carbonyl (C=O) groups excluding carboxylic acids is 1. The van der Waals surface area contributed by atoms with Crippen molar-refractivity contribution in [1.29, 1.82) is 0 Å². The number of nitrogens with zero attached hydrogens (tertiary/aromatic N) is 1. The van der Waals surface area contributed by atoms with Crippen molar-refractivity contribution in [3.05, 3.63) is 57.5 Å². The molecule has 0 saturated carbocycles. The summed E-state index contributed by atoms with van der Waals surface area (Å²) in [6.07, 6.45) is 4.06. The summed E-state index contributed by atoms with van der Waals surface area (Å²) in [5, 5.41) is 9.09. The molecule has 0 unspecified atom stereocenters. The van der Waals surface area contributed by atoms with Crippen molar-refractivity contribution in [3.8, 4) is 16.9 Å². The second-order valence-electron chi connectivity index (χ2n) is 10.6. The minimum Gasteiger partial charge on any atom is -0.496 e. The maximum absolute atomic E-state index is 12.7. The molecular formula is C28H31NO4S2. The standard InChI is InChI=1S/C28H31NO4S2/c1-16-11-20-21(28(4,5)10-9-27(20,2)3)14-18(16)19-12-17(7-8-22(19)33-6)13-23-25(32)29(15-24(30)31)26(34)35-23/h7-8,11-14H,9-10,15H2,1-6H3,(H,30,31)/b23-13-. The van der Waals surface area contributed by atoms with Crippen LogP contribution >= 0.6 is 24.0 Å². The van der Waals surface area contributed by atoms with Gasteiger partial charge in [-0.1, -0.05) is 63.8 Å². The summed E-state index contributed by atoms with van der Waals surface area (Å²) in [5.74, 6) is -0.714. The third kappa shape index (κ3) is 4.76. The van der Waals surface area contributed by atoms with Crippen LogP contribution in [0.25, 0.3) is 17.2 Å². The highest BCUT2D eigenvalue weighted by Gasteiger charge is 2.38. The zero-order chi connectivity index (χ0) is 25.7. The van der Waals surface area contributed by atoms with E-state index in [1.54, 1.807) is 13.2 Å². The number of aryl methyl sites for hydroxylation is 1. The molecule has 0 bridgehead atoms. The quantitative estimate of drug-likeness (QED) is 0.377. The molecule has 4 rings (SSSR count). The van der Waals surface area contributed by atoms with Crippen molar-refractivity contribution in [3.63, 3.8) is 0 Å². The topological polar surface area (TPSA) is 66.8 Å². The van der Waals surface area contributed by atoms with Gasteiger partial charge in [0.15, 0.2) is 0 Å². The highest BCUT2D eigenvalue weighted by molar-refractivity contribution is 8.26. The van der Waals surface area contributed by atoms with E-state index in [-0.39, 0.29) is 21.1 Å². The van der Waals surface area contributed by atoms with Gasteiger partial charge in [0.25, 0.3) is 5.91 Å². The number of amides is 1. The van der Waals surface area contributed by atoms with Crippen molar-refractivity contribution in [1.82, 2.24) is 4.90 Å². The van der Waals surface area contributed by atoms with Crippen LogP contribution in [0.15, 0.2) is 35.2 Å². The van der Waals surface area contributed by atoms with Gasteiger partial charge >= 0.3 is 5.97 Å². The summed E-state index contributed by atoms with van der Waals surface area (Å²) in [6, 6.07) is 10.5. The first-order chi connectivity index (χ1) is 16.3. The van der Waals surface area contributed by atoms with E-state index in [1.165, 1.54) is 16.7 Å². The largest absolute Gasteiger partial charge is 0.496 e. The van der Waals surface area contributed by atoms with Gasteiger partial charge in [0.1, 0.15) is 16.6 Å². The fraction of sp³-hybridized carbons (Fsp3) is 0.393. The molecule has 1 amide bonds. The molecule has 1 fully saturated rings. The molecule has 2 aromatic carbocycles. The molecule has 35 heavy (non-hydrogen) atoms. The summed E-state index contributed by atoms with van der Waals surface area (Å²) in [5.41, 5.74) is 7.07. The van der Waals surface area contributed by atoms with E-state index < -0.39 is 12.5 Å². The van der Waals surface area contributed by atoms with Crippen LogP contribution < -0.4 is 4.74 Å². The summed E-state index contributed by atoms with van der Waals surface area (Å²) in [4.78, 5) is 25.4. The molecule has 2 aliphatic rings. The maximum Gasteiger partial charge on any atom is 0.323 e. The molecule has 7 heteroatoms. The summed E-state index contributed by atoms with van der Waals surface area (Å²) < 4.78 is 5.99. The van der Waals surface area contributed by atoms with Crippen LogP contribution in [0.1, 0.15) is 62.8 Å². The molecule has 1 aliphatic carbocycles. The van der Waals surface area contributed by atoms with E-state index in [2.05, 4.69) is 46.8 Å². The van der Waals surface area contributed by atoms with Gasteiger partial charge in [-0.3, -0.25) is 14.5 Å². The zero-order valence-corrected chi connectivity index (χ0v) is 22.7. The van der Waals surface area contributed by atoms with Gasteiger partial charge in [-0.2, -0.15) is 0 Å². The average molecular weight is 510 g/mol. The Kier molecular flexibility index (Phi) is 6.62. The molecule has 0 radical (unpaired) electrons. The number of thioether (sulfide) groups is 1. The van der Waals surface area contributed by atoms with Crippen LogP contribution in [-0.4, -0.2) is 39.9 Å². The second kappa shape index (κ2) is 9.10. The Labute approximate surface area is 216 Å². The number of carboxylic acids is 1. The fourth-order valence-electron chi connectivity index (χ4n) is 4.96. The van der Waals surface area contributed by atoms with Gasteiger partial charge < -0.3 is 9.84 Å². The van der Waals surface area contributed by atoms with Crippen LogP contribution in [0.3, 0.4) is 0 Å². The highest BCUT2D eigenvalue weighted by Crippen LogP contribution is 2.48. The van der Waals surface area contributed by atoms with Crippen LogP contribution in [0.5, 0.6) is 5.75 Å².